The highest BCUT2D eigenvalue weighted by Crippen LogP contribution is 2.32. The zero-order valence-corrected chi connectivity index (χ0v) is 10.1. The first kappa shape index (κ1) is 14.6. The maximum Gasteiger partial charge on any atom is 0.416 e. The summed E-state index contributed by atoms with van der Waals surface area (Å²) in [5.74, 6) is 0. The van der Waals surface area contributed by atoms with Crippen LogP contribution in [0.4, 0.5) is 24.5 Å². The summed E-state index contributed by atoms with van der Waals surface area (Å²) in [6, 6.07) is 3.18. The first-order chi connectivity index (χ1) is 8.34. The van der Waals surface area contributed by atoms with Gasteiger partial charge in [0.2, 0.25) is 0 Å². The van der Waals surface area contributed by atoms with Gasteiger partial charge in [-0.15, -0.1) is 0 Å². The van der Waals surface area contributed by atoms with Crippen LogP contribution in [-0.4, -0.2) is 17.8 Å². The maximum atomic E-state index is 12.4. The molecule has 1 unspecified atom stereocenters. The number of anilines is 2. The number of nitrogens with one attached hydrogen (secondary N) is 1. The van der Waals surface area contributed by atoms with E-state index in [9.17, 15) is 18.3 Å². The highest BCUT2D eigenvalue weighted by Gasteiger charge is 2.30. The molecule has 1 aromatic carbocycles. The Labute approximate surface area is 104 Å². The number of aliphatic hydroxyl groups is 1. The summed E-state index contributed by atoms with van der Waals surface area (Å²) in [6.07, 6.45) is -3.63. The molecule has 1 rings (SSSR count). The third-order valence-corrected chi connectivity index (χ3v) is 2.64. The normalized spacial score (nSPS) is 13.4. The molecule has 0 spiro atoms. The predicted molar refractivity (Wildman–Crippen MR) is 65.3 cm³/mol. The van der Waals surface area contributed by atoms with E-state index in [0.29, 0.717) is 25.1 Å². The van der Waals surface area contributed by atoms with E-state index >= 15 is 0 Å². The van der Waals surface area contributed by atoms with Crippen molar-refractivity contribution in [2.24, 2.45) is 0 Å². The average molecular weight is 262 g/mol. The second kappa shape index (κ2) is 5.95. The first-order valence-corrected chi connectivity index (χ1v) is 5.73. The Morgan fingerprint density at radius 2 is 2.06 bits per heavy atom. The van der Waals surface area contributed by atoms with Crippen LogP contribution in [-0.2, 0) is 6.18 Å². The molecular weight excluding hydrogens is 245 g/mol. The molecule has 0 aromatic heterocycles. The van der Waals surface area contributed by atoms with Gasteiger partial charge in [-0.3, -0.25) is 0 Å². The zero-order valence-electron chi connectivity index (χ0n) is 10.1. The van der Waals surface area contributed by atoms with Crippen molar-refractivity contribution >= 4 is 11.4 Å². The number of aliphatic hydroxyl groups excluding tert-OH is 1. The molecule has 0 aliphatic heterocycles. The van der Waals surface area contributed by atoms with Gasteiger partial charge in [0.25, 0.3) is 0 Å². The van der Waals surface area contributed by atoms with Crippen LogP contribution in [0.15, 0.2) is 18.2 Å². The fourth-order valence-corrected chi connectivity index (χ4v) is 1.48. The third kappa shape index (κ3) is 4.10. The third-order valence-electron chi connectivity index (χ3n) is 2.64. The predicted octanol–water partition coefficient (Wildman–Crippen LogP) is 2.86. The molecule has 1 aromatic rings. The van der Waals surface area contributed by atoms with Crippen molar-refractivity contribution in [3.63, 3.8) is 0 Å². The Balaban J connectivity index is 2.63. The van der Waals surface area contributed by atoms with Crippen molar-refractivity contribution in [2.75, 3.05) is 17.6 Å². The molecule has 0 heterocycles. The van der Waals surface area contributed by atoms with Crippen LogP contribution < -0.4 is 11.1 Å². The number of alkyl halides is 3. The van der Waals surface area contributed by atoms with Crippen molar-refractivity contribution in [2.45, 2.75) is 32.0 Å². The molecule has 0 saturated carbocycles. The van der Waals surface area contributed by atoms with E-state index in [-0.39, 0.29) is 5.69 Å². The lowest BCUT2D eigenvalue weighted by Gasteiger charge is -2.13. The van der Waals surface area contributed by atoms with Gasteiger partial charge in [-0.05, 0) is 31.0 Å². The molecular formula is C12H17F3N2O. The minimum atomic E-state index is -4.38. The highest BCUT2D eigenvalue weighted by molar-refractivity contribution is 5.67. The summed E-state index contributed by atoms with van der Waals surface area (Å²) in [6.45, 7) is 2.32. The number of hydrogen-bond donors (Lipinski definition) is 3. The minimum absolute atomic E-state index is 0.0517. The largest absolute Gasteiger partial charge is 0.416 e. The van der Waals surface area contributed by atoms with Crippen LogP contribution in [0, 0.1) is 0 Å². The lowest BCUT2D eigenvalue weighted by atomic mass is 10.1. The monoisotopic (exact) mass is 262 g/mol. The number of halogens is 3. The molecule has 0 saturated heterocycles. The summed E-state index contributed by atoms with van der Waals surface area (Å²) in [5.41, 5.74) is 5.28. The van der Waals surface area contributed by atoms with E-state index in [1.54, 1.807) is 0 Å². The molecule has 102 valence electrons. The number of nitrogen functional groups attached to an aromatic ring is 1. The minimum Gasteiger partial charge on any atom is -0.397 e. The average Bonchev–Trinajstić information content (AvgIpc) is 2.29. The van der Waals surface area contributed by atoms with Gasteiger partial charge in [0.1, 0.15) is 0 Å². The lowest BCUT2D eigenvalue weighted by molar-refractivity contribution is -0.137. The Hall–Kier alpha value is -1.43. The van der Waals surface area contributed by atoms with E-state index in [1.165, 1.54) is 6.07 Å². The lowest BCUT2D eigenvalue weighted by Crippen LogP contribution is -2.13. The Morgan fingerprint density at radius 3 is 2.56 bits per heavy atom. The van der Waals surface area contributed by atoms with Crippen LogP contribution in [0.3, 0.4) is 0 Å². The molecule has 1 atom stereocenters. The summed E-state index contributed by atoms with van der Waals surface area (Å²) < 4.78 is 37.2. The summed E-state index contributed by atoms with van der Waals surface area (Å²) in [5, 5.41) is 12.2. The van der Waals surface area contributed by atoms with Gasteiger partial charge >= 0.3 is 6.18 Å². The molecule has 3 nitrogen and oxygen atoms in total. The standard InChI is InChI=1S/C12H17F3N2O/c1-2-9(18)5-6-17-11-4-3-8(7-10(11)16)12(13,14)15/h3-4,7,9,17-18H,2,5-6,16H2,1H3. The van der Waals surface area contributed by atoms with Crippen LogP contribution in [0.5, 0.6) is 0 Å². The number of nitrogens with two attached hydrogens (primary N) is 1. The molecule has 0 aliphatic carbocycles. The van der Waals surface area contributed by atoms with Crippen molar-refractivity contribution in [3.05, 3.63) is 23.8 Å². The second-order valence-electron chi connectivity index (χ2n) is 4.08. The van der Waals surface area contributed by atoms with Gasteiger partial charge in [-0.25, -0.2) is 0 Å². The molecule has 0 radical (unpaired) electrons. The number of hydrogen-bond acceptors (Lipinski definition) is 3. The summed E-state index contributed by atoms with van der Waals surface area (Å²) in [7, 11) is 0. The van der Waals surface area contributed by atoms with Gasteiger partial charge in [0.15, 0.2) is 0 Å². The molecule has 6 heteroatoms. The second-order valence-corrected chi connectivity index (χ2v) is 4.08. The highest BCUT2D eigenvalue weighted by atomic mass is 19.4. The Morgan fingerprint density at radius 1 is 1.39 bits per heavy atom. The molecule has 4 N–H and O–H groups in total. The smallest absolute Gasteiger partial charge is 0.397 e. The van der Waals surface area contributed by atoms with Gasteiger partial charge in [0.05, 0.1) is 23.0 Å². The van der Waals surface area contributed by atoms with Crippen LogP contribution in [0.25, 0.3) is 0 Å². The van der Waals surface area contributed by atoms with Crippen LogP contribution in [0.2, 0.25) is 0 Å². The summed E-state index contributed by atoms with van der Waals surface area (Å²) in [4.78, 5) is 0. The zero-order chi connectivity index (χ0) is 13.8. The van der Waals surface area contributed by atoms with E-state index in [2.05, 4.69) is 5.32 Å². The van der Waals surface area contributed by atoms with E-state index in [1.807, 2.05) is 6.92 Å². The Bertz CT molecular complexity index is 393. The molecule has 0 bridgehead atoms. The van der Waals surface area contributed by atoms with Crippen molar-refractivity contribution < 1.29 is 18.3 Å². The van der Waals surface area contributed by atoms with Crippen LogP contribution in [0.1, 0.15) is 25.3 Å². The summed E-state index contributed by atoms with van der Waals surface area (Å²) >= 11 is 0. The fourth-order valence-electron chi connectivity index (χ4n) is 1.48. The first-order valence-electron chi connectivity index (χ1n) is 5.73. The SMILES string of the molecule is CCC(O)CCNc1ccc(C(F)(F)F)cc1N. The van der Waals surface area contributed by atoms with Gasteiger partial charge in [-0.2, -0.15) is 13.2 Å². The van der Waals surface area contributed by atoms with Crippen molar-refractivity contribution in [1.82, 2.24) is 0 Å². The molecule has 18 heavy (non-hydrogen) atoms. The topological polar surface area (TPSA) is 58.3 Å². The maximum absolute atomic E-state index is 12.4. The van der Waals surface area contributed by atoms with Crippen molar-refractivity contribution in [3.8, 4) is 0 Å². The Kier molecular flexibility index (Phi) is 4.84. The van der Waals surface area contributed by atoms with E-state index < -0.39 is 17.8 Å². The number of benzene rings is 1. The number of rotatable bonds is 5. The molecule has 0 fully saturated rings. The fraction of sp³-hybridized carbons (Fsp3) is 0.500. The quantitative estimate of drug-likeness (QED) is 0.715. The molecule has 0 aliphatic rings. The van der Waals surface area contributed by atoms with Gasteiger partial charge < -0.3 is 16.2 Å². The van der Waals surface area contributed by atoms with Crippen molar-refractivity contribution in [1.29, 1.82) is 0 Å². The van der Waals surface area contributed by atoms with E-state index in [4.69, 9.17) is 5.73 Å². The molecule has 0 amide bonds. The van der Waals surface area contributed by atoms with Gasteiger partial charge in [-0.1, -0.05) is 6.92 Å². The van der Waals surface area contributed by atoms with E-state index in [0.717, 1.165) is 12.1 Å². The van der Waals surface area contributed by atoms with Gasteiger partial charge in [0, 0.05) is 6.54 Å². The van der Waals surface area contributed by atoms with Crippen LogP contribution >= 0.6 is 0 Å².